The summed E-state index contributed by atoms with van der Waals surface area (Å²) in [6.45, 7) is 6.57. The molecule has 2 aliphatic rings. The number of amides is 3. The molecule has 0 atom stereocenters. The minimum absolute atomic E-state index is 0.0188. The molecule has 0 aromatic heterocycles. The molecule has 0 N–H and O–H groups in total. The van der Waals surface area contributed by atoms with Crippen molar-refractivity contribution in [1.82, 2.24) is 19.0 Å². The Balaban J connectivity index is 1.72. The van der Waals surface area contributed by atoms with Crippen LogP contribution < -0.4 is 4.74 Å². The van der Waals surface area contributed by atoms with Crippen LogP contribution in [0.25, 0.3) is 0 Å². The molecule has 2 aliphatic heterocycles. The standard InChI is InChI=1S/C22H32N4O7S/c1-4-26(5-2)34(30,31)17-6-7-19(32-3)18(16-17)20(27)23-8-10-24(11-9-23)21(28)22(29)25-12-14-33-15-13-25/h6-7,16H,4-5,8-15H2,1-3H3. The third kappa shape index (κ3) is 5.34. The van der Waals surface area contributed by atoms with Gasteiger partial charge < -0.3 is 24.2 Å². The van der Waals surface area contributed by atoms with Crippen LogP contribution in [0.5, 0.6) is 5.75 Å². The van der Waals surface area contributed by atoms with Crippen LogP contribution in [0, 0.1) is 0 Å². The van der Waals surface area contributed by atoms with E-state index in [9.17, 15) is 22.8 Å². The van der Waals surface area contributed by atoms with E-state index in [0.29, 0.717) is 39.4 Å². The second-order valence-electron chi connectivity index (χ2n) is 7.94. The zero-order chi connectivity index (χ0) is 24.9. The van der Waals surface area contributed by atoms with Crippen molar-refractivity contribution in [2.45, 2.75) is 18.7 Å². The summed E-state index contributed by atoms with van der Waals surface area (Å²) in [6, 6.07) is 4.25. The summed E-state index contributed by atoms with van der Waals surface area (Å²) in [7, 11) is -2.33. The van der Waals surface area contributed by atoms with Gasteiger partial charge in [-0.05, 0) is 18.2 Å². The lowest BCUT2D eigenvalue weighted by molar-refractivity contribution is -0.154. The van der Waals surface area contributed by atoms with Crippen molar-refractivity contribution < 1.29 is 32.3 Å². The maximum absolute atomic E-state index is 13.3. The van der Waals surface area contributed by atoms with Crippen molar-refractivity contribution in [3.8, 4) is 5.75 Å². The first-order valence-corrected chi connectivity index (χ1v) is 12.8. The van der Waals surface area contributed by atoms with Gasteiger partial charge in [-0.3, -0.25) is 14.4 Å². The van der Waals surface area contributed by atoms with E-state index in [1.54, 1.807) is 13.8 Å². The predicted octanol–water partition coefficient (Wildman–Crippen LogP) is -0.131. The van der Waals surface area contributed by atoms with Crippen molar-refractivity contribution >= 4 is 27.7 Å². The quantitative estimate of drug-likeness (QED) is 0.504. The second-order valence-corrected chi connectivity index (χ2v) is 9.88. The van der Waals surface area contributed by atoms with Gasteiger partial charge in [-0.15, -0.1) is 0 Å². The minimum Gasteiger partial charge on any atom is -0.496 e. The summed E-state index contributed by atoms with van der Waals surface area (Å²) in [5.74, 6) is -1.26. The Morgan fingerprint density at radius 3 is 1.97 bits per heavy atom. The maximum Gasteiger partial charge on any atom is 0.312 e. The van der Waals surface area contributed by atoms with E-state index < -0.39 is 21.8 Å². The Labute approximate surface area is 200 Å². The monoisotopic (exact) mass is 496 g/mol. The van der Waals surface area contributed by atoms with Crippen LogP contribution in [0.1, 0.15) is 24.2 Å². The normalized spacial score (nSPS) is 17.1. The zero-order valence-electron chi connectivity index (χ0n) is 19.9. The van der Waals surface area contributed by atoms with Crippen molar-refractivity contribution in [3.05, 3.63) is 23.8 Å². The number of hydrogen-bond donors (Lipinski definition) is 0. The molecule has 11 nitrogen and oxygen atoms in total. The number of rotatable bonds is 6. The smallest absolute Gasteiger partial charge is 0.312 e. The van der Waals surface area contributed by atoms with Gasteiger partial charge in [0.1, 0.15) is 5.75 Å². The van der Waals surface area contributed by atoms with E-state index in [-0.39, 0.29) is 48.3 Å². The summed E-state index contributed by atoms with van der Waals surface area (Å²) in [4.78, 5) is 42.8. The van der Waals surface area contributed by atoms with E-state index in [4.69, 9.17) is 9.47 Å². The zero-order valence-corrected chi connectivity index (χ0v) is 20.7. The summed E-state index contributed by atoms with van der Waals surface area (Å²) in [5.41, 5.74) is 0.139. The maximum atomic E-state index is 13.3. The Kier molecular flexibility index (Phi) is 8.50. The lowest BCUT2D eigenvalue weighted by Gasteiger charge is -2.36. The van der Waals surface area contributed by atoms with E-state index in [0.717, 1.165) is 0 Å². The molecular formula is C22H32N4O7S. The largest absolute Gasteiger partial charge is 0.496 e. The average molecular weight is 497 g/mol. The number of methoxy groups -OCH3 is 1. The lowest BCUT2D eigenvalue weighted by atomic mass is 10.1. The minimum atomic E-state index is -3.75. The Morgan fingerprint density at radius 2 is 1.44 bits per heavy atom. The van der Waals surface area contributed by atoms with Crippen LogP contribution in [0.15, 0.2) is 23.1 Å². The van der Waals surface area contributed by atoms with Crippen LogP contribution in [0.2, 0.25) is 0 Å². The van der Waals surface area contributed by atoms with Gasteiger partial charge in [0.2, 0.25) is 10.0 Å². The first kappa shape index (κ1) is 25.9. The molecule has 0 radical (unpaired) electrons. The third-order valence-electron chi connectivity index (χ3n) is 6.08. The van der Waals surface area contributed by atoms with Gasteiger partial charge in [0.05, 0.1) is 30.8 Å². The highest BCUT2D eigenvalue weighted by Gasteiger charge is 2.33. The number of nitrogens with zero attached hydrogens (tertiary/aromatic N) is 4. The van der Waals surface area contributed by atoms with Gasteiger partial charge in [0, 0.05) is 52.4 Å². The first-order chi connectivity index (χ1) is 16.2. The third-order valence-corrected chi connectivity index (χ3v) is 8.13. The number of piperazine rings is 1. The number of carbonyl (C=O) groups excluding carboxylic acids is 3. The molecule has 2 heterocycles. The molecule has 12 heteroatoms. The van der Waals surface area contributed by atoms with Gasteiger partial charge in [0.15, 0.2) is 0 Å². The first-order valence-electron chi connectivity index (χ1n) is 11.4. The fourth-order valence-corrected chi connectivity index (χ4v) is 5.53. The molecule has 0 spiro atoms. The highest BCUT2D eigenvalue weighted by Crippen LogP contribution is 2.26. The molecule has 1 aromatic carbocycles. The van der Waals surface area contributed by atoms with Gasteiger partial charge in [-0.1, -0.05) is 13.8 Å². The lowest BCUT2D eigenvalue weighted by Crippen LogP contribution is -2.55. The number of carbonyl (C=O) groups is 3. The summed E-state index contributed by atoms with van der Waals surface area (Å²) in [5, 5.41) is 0. The molecule has 34 heavy (non-hydrogen) atoms. The topological polar surface area (TPSA) is 117 Å². The molecule has 3 rings (SSSR count). The van der Waals surface area contributed by atoms with Gasteiger partial charge >= 0.3 is 11.8 Å². The molecule has 1 aromatic rings. The number of morpholine rings is 1. The fraction of sp³-hybridized carbons (Fsp3) is 0.591. The molecule has 3 amide bonds. The van der Waals surface area contributed by atoms with E-state index in [1.165, 1.54) is 44.3 Å². The van der Waals surface area contributed by atoms with Crippen LogP contribution in [-0.2, 0) is 24.3 Å². The number of hydrogen-bond acceptors (Lipinski definition) is 7. The summed E-state index contributed by atoms with van der Waals surface area (Å²) >= 11 is 0. The SMILES string of the molecule is CCN(CC)S(=O)(=O)c1ccc(OC)c(C(=O)N2CCN(C(=O)C(=O)N3CCOCC3)CC2)c1. The fourth-order valence-electron chi connectivity index (χ4n) is 4.05. The van der Waals surface area contributed by atoms with E-state index in [2.05, 4.69) is 0 Å². The highest BCUT2D eigenvalue weighted by atomic mass is 32.2. The summed E-state index contributed by atoms with van der Waals surface area (Å²) in [6.07, 6.45) is 0. The molecule has 0 aliphatic carbocycles. The van der Waals surface area contributed by atoms with Gasteiger partial charge in [-0.2, -0.15) is 4.31 Å². The van der Waals surface area contributed by atoms with E-state index >= 15 is 0 Å². The molecule has 2 fully saturated rings. The molecule has 0 unspecified atom stereocenters. The Hall–Kier alpha value is -2.70. The van der Waals surface area contributed by atoms with Crippen LogP contribution >= 0.6 is 0 Å². The highest BCUT2D eigenvalue weighted by molar-refractivity contribution is 7.89. The van der Waals surface area contributed by atoms with Gasteiger partial charge in [0.25, 0.3) is 5.91 Å². The van der Waals surface area contributed by atoms with Gasteiger partial charge in [-0.25, -0.2) is 8.42 Å². The van der Waals surface area contributed by atoms with Crippen molar-refractivity contribution in [2.75, 3.05) is 72.7 Å². The molecule has 0 saturated carbocycles. The van der Waals surface area contributed by atoms with Crippen molar-refractivity contribution in [1.29, 1.82) is 0 Å². The number of sulfonamides is 1. The second kappa shape index (κ2) is 11.2. The van der Waals surface area contributed by atoms with Crippen molar-refractivity contribution in [3.63, 3.8) is 0 Å². The van der Waals surface area contributed by atoms with Crippen LogP contribution in [-0.4, -0.2) is 118 Å². The molecular weight excluding hydrogens is 464 g/mol. The average Bonchev–Trinajstić information content (AvgIpc) is 2.88. The number of ether oxygens (including phenoxy) is 2. The van der Waals surface area contributed by atoms with Crippen LogP contribution in [0.3, 0.4) is 0 Å². The summed E-state index contributed by atoms with van der Waals surface area (Å²) < 4.78 is 37.7. The number of benzene rings is 1. The Bertz CT molecular complexity index is 1010. The molecule has 188 valence electrons. The molecule has 2 saturated heterocycles. The predicted molar refractivity (Wildman–Crippen MR) is 123 cm³/mol. The molecule has 0 bridgehead atoms. The van der Waals surface area contributed by atoms with E-state index in [1.807, 2.05) is 0 Å². The van der Waals surface area contributed by atoms with Crippen molar-refractivity contribution in [2.24, 2.45) is 0 Å². The van der Waals surface area contributed by atoms with Crippen LogP contribution in [0.4, 0.5) is 0 Å². The Morgan fingerprint density at radius 1 is 0.912 bits per heavy atom.